The Hall–Kier alpha value is -4.49. The Morgan fingerprint density at radius 2 is 1.40 bits per heavy atom. The van der Waals surface area contributed by atoms with Gasteiger partial charge in [-0.3, -0.25) is 0 Å². The highest BCUT2D eigenvalue weighted by atomic mass is 35.5. The molecule has 0 saturated carbocycles. The number of para-hydroxylation sites is 1. The number of hydrogen-bond donors (Lipinski definition) is 0. The average Bonchev–Trinajstić information content (AvgIpc) is 3.35. The predicted octanol–water partition coefficient (Wildman–Crippen LogP) is 8.65. The van der Waals surface area contributed by atoms with Gasteiger partial charge in [0.2, 0.25) is 11.4 Å². The molecule has 226 valence electrons. The van der Waals surface area contributed by atoms with Crippen molar-refractivity contribution in [3.8, 4) is 0 Å². The smallest absolute Gasteiger partial charge is 0.298 e. The zero-order valence-corrected chi connectivity index (χ0v) is 27.0. The predicted molar refractivity (Wildman–Crippen MR) is 184 cm³/mol. The summed E-state index contributed by atoms with van der Waals surface area (Å²) in [4.78, 5) is 2.05. The second-order valence-corrected chi connectivity index (χ2v) is 12.8. The van der Waals surface area contributed by atoms with Gasteiger partial charge < -0.3 is 4.90 Å². The maximum Gasteiger partial charge on any atom is 0.298 e. The molecule has 0 radical (unpaired) electrons. The van der Waals surface area contributed by atoms with Gasteiger partial charge >= 0.3 is 0 Å². The number of rotatable bonds is 9. The molecule has 1 aliphatic rings. The normalized spacial score (nSPS) is 14.7. The van der Waals surface area contributed by atoms with E-state index in [4.69, 9.17) is 15.8 Å². The minimum Gasteiger partial charge on any atom is -0.345 e. The lowest BCUT2D eigenvalue weighted by Crippen LogP contribution is -2.36. The van der Waals surface area contributed by atoms with Crippen molar-refractivity contribution in [3.63, 3.8) is 0 Å². The maximum absolute atomic E-state index is 13.0. The molecular weight excluding hydrogens is 600 g/mol. The van der Waals surface area contributed by atoms with Gasteiger partial charge in [-0.1, -0.05) is 90.5 Å². The van der Waals surface area contributed by atoms with Crippen LogP contribution in [0.2, 0.25) is 5.02 Å². The molecule has 0 spiro atoms. The third-order valence-corrected chi connectivity index (χ3v) is 9.82. The Kier molecular flexibility index (Phi) is 8.72. The van der Waals surface area contributed by atoms with Gasteiger partial charge in [0.05, 0.1) is 16.0 Å². The molecule has 0 bridgehead atoms. The van der Waals surface area contributed by atoms with Crippen LogP contribution in [0.25, 0.3) is 11.1 Å². The Labute approximate surface area is 270 Å². The summed E-state index contributed by atoms with van der Waals surface area (Å²) < 4.78 is 33.8. The first-order chi connectivity index (χ1) is 21.8. The average molecular weight is 634 g/mol. The van der Waals surface area contributed by atoms with Crippen molar-refractivity contribution in [1.82, 2.24) is 0 Å². The van der Waals surface area contributed by atoms with E-state index in [1.165, 1.54) is 12.1 Å². The zero-order valence-electron chi connectivity index (χ0n) is 25.4. The van der Waals surface area contributed by atoms with E-state index >= 15 is 0 Å². The van der Waals surface area contributed by atoms with Gasteiger partial charge in [-0.15, -0.1) is 0 Å². The van der Waals surface area contributed by atoms with E-state index in [0.29, 0.717) is 11.6 Å². The standard InChI is InChI=1S/C38H34ClN2O3S/c1-4-41(27(2)44-45(42,43)31-17-9-6-10-18-31)30-25-23-28(24-26-30)36(32-19-11-13-21-34(32)39)37-33-20-12-14-22-35(33)40(3)38(37)29-15-7-5-8-16-29/h5-27H,4H2,1-3H3/q+1. The third kappa shape index (κ3) is 5.97. The summed E-state index contributed by atoms with van der Waals surface area (Å²) >= 11 is 6.92. The quantitative estimate of drug-likeness (QED) is 0.0926. The molecule has 45 heavy (non-hydrogen) atoms. The van der Waals surface area contributed by atoms with Crippen LogP contribution in [0.5, 0.6) is 0 Å². The first-order valence-corrected chi connectivity index (χ1v) is 16.7. The fraction of sp³-hybridized carbons (Fsp3) is 0.132. The number of halogens is 1. The fourth-order valence-electron chi connectivity index (χ4n) is 6.03. The molecule has 5 nitrogen and oxygen atoms in total. The van der Waals surface area contributed by atoms with Gasteiger partial charge in [0.15, 0.2) is 0 Å². The van der Waals surface area contributed by atoms with Gasteiger partial charge in [-0.2, -0.15) is 13.0 Å². The lowest BCUT2D eigenvalue weighted by molar-refractivity contribution is -0.400. The fourth-order valence-corrected chi connectivity index (χ4v) is 7.33. The van der Waals surface area contributed by atoms with Crippen LogP contribution in [0.4, 0.5) is 11.4 Å². The zero-order chi connectivity index (χ0) is 31.6. The van der Waals surface area contributed by atoms with Crippen LogP contribution in [-0.2, 0) is 14.3 Å². The number of fused-ring (bicyclic) bond motifs is 1. The van der Waals surface area contributed by atoms with E-state index in [0.717, 1.165) is 50.5 Å². The maximum atomic E-state index is 13.0. The summed E-state index contributed by atoms with van der Waals surface area (Å²) in [5, 5.41) is 0.659. The Morgan fingerprint density at radius 3 is 2.07 bits per heavy atom. The number of hydrogen-bond acceptors (Lipinski definition) is 4. The summed E-state index contributed by atoms with van der Waals surface area (Å²) in [7, 11) is -1.83. The number of benzene rings is 5. The van der Waals surface area contributed by atoms with E-state index in [-0.39, 0.29) is 4.90 Å². The second kappa shape index (κ2) is 12.9. The number of nitrogens with zero attached hydrogens (tertiary/aromatic N) is 2. The van der Waals surface area contributed by atoms with Crippen LogP contribution in [-0.4, -0.2) is 38.5 Å². The number of anilines is 1. The van der Waals surface area contributed by atoms with Crippen molar-refractivity contribution in [3.05, 3.63) is 161 Å². The molecule has 1 aliphatic heterocycles. The van der Waals surface area contributed by atoms with Crippen LogP contribution in [0.3, 0.4) is 0 Å². The molecule has 7 heteroatoms. The second-order valence-electron chi connectivity index (χ2n) is 10.8. The third-order valence-electron chi connectivity index (χ3n) is 8.11. The minimum atomic E-state index is -3.93. The molecule has 1 atom stereocenters. The molecule has 0 fully saturated rings. The van der Waals surface area contributed by atoms with Gasteiger partial charge in [-0.05, 0) is 67.9 Å². The van der Waals surface area contributed by atoms with Gasteiger partial charge in [0, 0.05) is 40.0 Å². The molecule has 0 saturated heterocycles. The summed E-state index contributed by atoms with van der Waals surface area (Å²) in [5.74, 6) is 0. The number of allylic oxidation sites excluding steroid dienone is 1. The van der Waals surface area contributed by atoms with Crippen LogP contribution in [0.1, 0.15) is 36.1 Å². The lowest BCUT2D eigenvalue weighted by atomic mass is 9.86. The van der Waals surface area contributed by atoms with E-state index in [9.17, 15) is 8.42 Å². The van der Waals surface area contributed by atoms with Crippen LogP contribution < -0.4 is 4.90 Å². The highest BCUT2D eigenvalue weighted by Crippen LogP contribution is 2.44. The highest BCUT2D eigenvalue weighted by Gasteiger charge is 2.36. The SMILES string of the molecule is CCN(c1ccc(C(=C2C(c3ccccc3)=[N+](C)c3ccccc32)c2ccccc2Cl)cc1)C(C)OS(=O)(=O)c1ccccc1. The molecule has 0 aliphatic carbocycles. The van der Waals surface area contributed by atoms with Gasteiger partial charge in [0.1, 0.15) is 13.3 Å². The summed E-state index contributed by atoms with van der Waals surface area (Å²) in [5.41, 5.74) is 9.32. The summed E-state index contributed by atoms with van der Waals surface area (Å²) in [6.07, 6.45) is -0.721. The molecule has 1 unspecified atom stereocenters. The lowest BCUT2D eigenvalue weighted by Gasteiger charge is -2.29. The molecule has 1 heterocycles. The molecule has 0 aromatic heterocycles. The van der Waals surface area contributed by atoms with E-state index in [2.05, 4.69) is 78.4 Å². The van der Waals surface area contributed by atoms with Crippen LogP contribution in [0.15, 0.2) is 138 Å². The monoisotopic (exact) mass is 633 g/mol. The largest absolute Gasteiger partial charge is 0.345 e. The van der Waals surface area contributed by atoms with Gasteiger partial charge in [0.25, 0.3) is 10.1 Å². The van der Waals surface area contributed by atoms with Crippen LogP contribution in [0, 0.1) is 0 Å². The minimum absolute atomic E-state index is 0.131. The molecule has 0 amide bonds. The van der Waals surface area contributed by atoms with Gasteiger partial charge in [-0.25, -0.2) is 4.18 Å². The molecule has 5 aromatic rings. The van der Waals surface area contributed by atoms with Crippen molar-refractivity contribution in [2.45, 2.75) is 25.0 Å². The molecular formula is C38H34ClN2O3S+. The first-order valence-electron chi connectivity index (χ1n) is 14.9. The van der Waals surface area contributed by atoms with Crippen molar-refractivity contribution in [2.75, 3.05) is 18.5 Å². The Bertz CT molecular complexity index is 2010. The Morgan fingerprint density at radius 1 is 0.800 bits per heavy atom. The van der Waals surface area contributed by atoms with E-state index in [1.807, 2.05) is 48.2 Å². The Balaban J connectivity index is 1.47. The summed E-state index contributed by atoms with van der Waals surface area (Å²) in [6.45, 7) is 4.28. The summed E-state index contributed by atoms with van der Waals surface area (Å²) in [6, 6.07) is 43.2. The van der Waals surface area contributed by atoms with E-state index < -0.39 is 16.3 Å². The van der Waals surface area contributed by atoms with Crippen molar-refractivity contribution < 1.29 is 17.2 Å². The molecule has 5 aromatic carbocycles. The van der Waals surface area contributed by atoms with Crippen molar-refractivity contribution in [1.29, 1.82) is 0 Å². The topological polar surface area (TPSA) is 49.6 Å². The first kappa shape index (κ1) is 30.5. The molecule has 6 rings (SSSR count). The highest BCUT2D eigenvalue weighted by molar-refractivity contribution is 7.86. The van der Waals surface area contributed by atoms with E-state index in [1.54, 1.807) is 25.1 Å². The molecule has 0 N–H and O–H groups in total. The van der Waals surface area contributed by atoms with Crippen molar-refractivity contribution >= 4 is 50.0 Å². The van der Waals surface area contributed by atoms with Crippen LogP contribution >= 0.6 is 11.6 Å². The van der Waals surface area contributed by atoms with Crippen molar-refractivity contribution in [2.24, 2.45) is 0 Å².